The van der Waals surface area contributed by atoms with E-state index in [0.29, 0.717) is 11.5 Å². The lowest BCUT2D eigenvalue weighted by molar-refractivity contribution is 0.321. The second-order valence-corrected chi connectivity index (χ2v) is 5.13. The number of benzene rings is 1. The van der Waals surface area contributed by atoms with Crippen molar-refractivity contribution >= 4 is 26.7 Å². The summed E-state index contributed by atoms with van der Waals surface area (Å²) >= 11 is 3.34. The van der Waals surface area contributed by atoms with Crippen molar-refractivity contribution in [2.24, 2.45) is 0 Å². The molecule has 0 spiro atoms. The fraction of sp³-hybridized carbons (Fsp3) is 0.333. The molecule has 2 nitrogen and oxygen atoms in total. The van der Waals surface area contributed by atoms with Gasteiger partial charge in [-0.25, -0.2) is 0 Å². The van der Waals surface area contributed by atoms with Crippen LogP contribution < -0.4 is 0 Å². The minimum Gasteiger partial charge on any atom is -0.395 e. The van der Waals surface area contributed by atoms with Crippen molar-refractivity contribution in [3.8, 4) is 0 Å². The molecule has 1 aromatic rings. The van der Waals surface area contributed by atoms with E-state index in [-0.39, 0.29) is 6.61 Å². The van der Waals surface area contributed by atoms with E-state index < -0.39 is 10.8 Å². The maximum Gasteiger partial charge on any atom is 0.0546 e. The minimum atomic E-state index is -0.950. The Kier molecular flexibility index (Phi) is 4.62. The number of aliphatic hydroxyl groups is 1. The Morgan fingerprint density at radius 3 is 2.85 bits per heavy atom. The van der Waals surface area contributed by atoms with Crippen LogP contribution in [-0.2, 0) is 16.6 Å². The first-order chi connectivity index (χ1) is 6.22. The number of aliphatic hydroxyl groups excluding tert-OH is 1. The first-order valence-corrected chi connectivity index (χ1v) is 6.21. The van der Waals surface area contributed by atoms with Gasteiger partial charge >= 0.3 is 0 Å². The van der Waals surface area contributed by atoms with Gasteiger partial charge in [-0.3, -0.25) is 4.21 Å². The van der Waals surface area contributed by atoms with Crippen LogP contribution in [0.5, 0.6) is 0 Å². The topological polar surface area (TPSA) is 37.3 Å². The van der Waals surface area contributed by atoms with E-state index in [1.165, 1.54) is 0 Å². The van der Waals surface area contributed by atoms with Gasteiger partial charge in [-0.15, -0.1) is 0 Å². The fourth-order valence-electron chi connectivity index (χ4n) is 0.987. The van der Waals surface area contributed by atoms with Crippen molar-refractivity contribution in [2.75, 3.05) is 12.4 Å². The molecule has 4 heteroatoms. The van der Waals surface area contributed by atoms with Gasteiger partial charge in [-0.1, -0.05) is 28.1 Å². The van der Waals surface area contributed by atoms with Crippen LogP contribution in [0.2, 0.25) is 0 Å². The van der Waals surface area contributed by atoms with Crippen molar-refractivity contribution in [3.05, 3.63) is 34.3 Å². The predicted molar refractivity (Wildman–Crippen MR) is 57.9 cm³/mol. The van der Waals surface area contributed by atoms with E-state index in [1.54, 1.807) is 0 Å². The monoisotopic (exact) mass is 262 g/mol. The Labute approximate surface area is 88.6 Å². The molecule has 1 atom stereocenters. The maximum absolute atomic E-state index is 11.3. The van der Waals surface area contributed by atoms with Gasteiger partial charge in [0.1, 0.15) is 0 Å². The van der Waals surface area contributed by atoms with Crippen molar-refractivity contribution in [2.45, 2.75) is 5.75 Å². The van der Waals surface area contributed by atoms with Crippen LogP contribution in [0.25, 0.3) is 0 Å². The third-order valence-electron chi connectivity index (χ3n) is 1.54. The summed E-state index contributed by atoms with van der Waals surface area (Å²) in [5.41, 5.74) is 1.03. The van der Waals surface area contributed by atoms with Gasteiger partial charge in [-0.2, -0.15) is 0 Å². The van der Waals surface area contributed by atoms with E-state index in [1.807, 2.05) is 24.3 Å². The molecule has 1 unspecified atom stereocenters. The Hall–Kier alpha value is -0.190. The molecule has 0 aromatic heterocycles. The summed E-state index contributed by atoms with van der Waals surface area (Å²) < 4.78 is 12.3. The quantitative estimate of drug-likeness (QED) is 0.897. The molecule has 0 aliphatic carbocycles. The summed E-state index contributed by atoms with van der Waals surface area (Å²) in [7, 11) is -0.950. The Bertz CT molecular complexity index is 301. The Balaban J connectivity index is 2.58. The largest absolute Gasteiger partial charge is 0.395 e. The molecule has 0 aliphatic rings. The molecule has 0 saturated carbocycles. The summed E-state index contributed by atoms with van der Waals surface area (Å²) in [6.07, 6.45) is 0. The van der Waals surface area contributed by atoms with Crippen LogP contribution in [-0.4, -0.2) is 21.7 Å². The molecular formula is C9H11BrO2S. The zero-order valence-electron chi connectivity index (χ0n) is 7.07. The molecule has 1 rings (SSSR count). The molecule has 0 saturated heterocycles. The normalized spacial score (nSPS) is 12.8. The second kappa shape index (κ2) is 5.52. The number of hydrogen-bond donors (Lipinski definition) is 1. The van der Waals surface area contributed by atoms with Crippen LogP contribution in [0.3, 0.4) is 0 Å². The van der Waals surface area contributed by atoms with Crippen LogP contribution >= 0.6 is 15.9 Å². The predicted octanol–water partition coefficient (Wildman–Crippen LogP) is 1.69. The van der Waals surface area contributed by atoms with Crippen molar-refractivity contribution in [1.29, 1.82) is 0 Å². The minimum absolute atomic E-state index is 0.0133. The van der Waals surface area contributed by atoms with Crippen LogP contribution in [0.1, 0.15) is 5.56 Å². The smallest absolute Gasteiger partial charge is 0.0546 e. The number of rotatable bonds is 4. The van der Waals surface area contributed by atoms with Gasteiger partial charge < -0.3 is 5.11 Å². The lowest BCUT2D eigenvalue weighted by Gasteiger charge is -2.00. The van der Waals surface area contributed by atoms with Crippen molar-refractivity contribution in [1.82, 2.24) is 0 Å². The molecule has 1 aromatic carbocycles. The average Bonchev–Trinajstić information content (AvgIpc) is 2.04. The first-order valence-electron chi connectivity index (χ1n) is 3.92. The third-order valence-corrected chi connectivity index (χ3v) is 3.32. The van der Waals surface area contributed by atoms with E-state index in [9.17, 15) is 4.21 Å². The third kappa shape index (κ3) is 4.02. The molecule has 0 fully saturated rings. The molecule has 0 amide bonds. The highest BCUT2D eigenvalue weighted by Crippen LogP contribution is 2.12. The highest BCUT2D eigenvalue weighted by atomic mass is 79.9. The number of hydrogen-bond acceptors (Lipinski definition) is 2. The van der Waals surface area contributed by atoms with Gasteiger partial charge in [0, 0.05) is 26.8 Å². The van der Waals surface area contributed by atoms with E-state index in [4.69, 9.17) is 5.11 Å². The van der Waals surface area contributed by atoms with Crippen molar-refractivity contribution in [3.63, 3.8) is 0 Å². The maximum atomic E-state index is 11.3. The summed E-state index contributed by atoms with van der Waals surface area (Å²) in [5.74, 6) is 0.868. The molecule has 0 heterocycles. The summed E-state index contributed by atoms with van der Waals surface area (Å²) in [4.78, 5) is 0. The van der Waals surface area contributed by atoms with E-state index in [0.717, 1.165) is 10.0 Å². The van der Waals surface area contributed by atoms with Crippen LogP contribution in [0.4, 0.5) is 0 Å². The first kappa shape index (κ1) is 10.9. The summed E-state index contributed by atoms with van der Waals surface area (Å²) in [6.45, 7) is -0.0133. The standard InChI is InChI=1S/C9H11BrO2S/c10-9-3-1-2-8(6-9)7-13(12)5-4-11/h1-3,6,11H,4-5,7H2. The van der Waals surface area contributed by atoms with Crippen LogP contribution in [0, 0.1) is 0 Å². The molecule has 0 bridgehead atoms. The summed E-state index contributed by atoms with van der Waals surface area (Å²) in [5, 5.41) is 8.57. The lowest BCUT2D eigenvalue weighted by Crippen LogP contribution is -2.04. The van der Waals surface area contributed by atoms with Crippen LogP contribution in [0.15, 0.2) is 28.7 Å². The highest BCUT2D eigenvalue weighted by Gasteiger charge is 2.00. The highest BCUT2D eigenvalue weighted by molar-refractivity contribution is 9.10. The Morgan fingerprint density at radius 2 is 2.23 bits per heavy atom. The molecule has 13 heavy (non-hydrogen) atoms. The van der Waals surface area contributed by atoms with Gasteiger partial charge in [0.15, 0.2) is 0 Å². The SMILES string of the molecule is O=S(CCO)Cc1cccc(Br)c1. The van der Waals surface area contributed by atoms with Gasteiger partial charge in [-0.05, 0) is 17.7 Å². The van der Waals surface area contributed by atoms with Gasteiger partial charge in [0.2, 0.25) is 0 Å². The molecular weight excluding hydrogens is 252 g/mol. The average molecular weight is 263 g/mol. The zero-order valence-corrected chi connectivity index (χ0v) is 9.47. The zero-order chi connectivity index (χ0) is 9.68. The molecule has 72 valence electrons. The molecule has 1 N–H and O–H groups in total. The van der Waals surface area contributed by atoms with Gasteiger partial charge in [0.25, 0.3) is 0 Å². The molecule has 0 aliphatic heterocycles. The Morgan fingerprint density at radius 1 is 1.46 bits per heavy atom. The lowest BCUT2D eigenvalue weighted by atomic mass is 10.2. The molecule has 0 radical (unpaired) electrons. The van der Waals surface area contributed by atoms with E-state index >= 15 is 0 Å². The number of halogens is 1. The van der Waals surface area contributed by atoms with E-state index in [2.05, 4.69) is 15.9 Å². The fourth-order valence-corrected chi connectivity index (χ4v) is 2.33. The van der Waals surface area contributed by atoms with Gasteiger partial charge in [0.05, 0.1) is 6.61 Å². The summed E-state index contributed by atoms with van der Waals surface area (Å²) in [6, 6.07) is 7.71. The second-order valence-electron chi connectivity index (χ2n) is 2.64. The van der Waals surface area contributed by atoms with Crippen molar-refractivity contribution < 1.29 is 9.32 Å².